The van der Waals surface area contributed by atoms with E-state index < -0.39 is 73.9 Å². The molecule has 1 aromatic carbocycles. The second-order valence-corrected chi connectivity index (χ2v) is 10.9. The van der Waals surface area contributed by atoms with Crippen LogP contribution in [0, 0.1) is 0 Å². The summed E-state index contributed by atoms with van der Waals surface area (Å²) in [4.78, 5) is 37.7. The first-order valence-corrected chi connectivity index (χ1v) is 13.3. The van der Waals surface area contributed by atoms with E-state index >= 15 is 4.39 Å². The minimum atomic E-state index is -4.33. The van der Waals surface area contributed by atoms with Crippen molar-refractivity contribution < 1.29 is 42.5 Å². The lowest BCUT2D eigenvalue weighted by atomic mass is 9.94. The molecule has 3 rings (SSSR count). The molecule has 38 heavy (non-hydrogen) atoms. The number of hydrogen-bond acceptors (Lipinski definition) is 10. The molecule has 4 N–H and O–H groups in total. The Balaban J connectivity index is 1.77. The van der Waals surface area contributed by atoms with Crippen LogP contribution in [0.2, 0.25) is 0 Å². The number of aromatic nitrogens is 2. The van der Waals surface area contributed by atoms with Crippen LogP contribution in [0.25, 0.3) is 0 Å². The number of carbonyl (C=O) groups is 1. The third-order valence-corrected chi connectivity index (χ3v) is 7.28. The summed E-state index contributed by atoms with van der Waals surface area (Å²) < 4.78 is 51.2. The van der Waals surface area contributed by atoms with Gasteiger partial charge in [-0.1, -0.05) is 18.2 Å². The van der Waals surface area contributed by atoms with Gasteiger partial charge < -0.3 is 24.2 Å². The minimum absolute atomic E-state index is 0.125. The Bertz CT molecular complexity index is 1280. The molecule has 0 aliphatic carbocycles. The molecule has 6 atom stereocenters. The van der Waals surface area contributed by atoms with Crippen LogP contribution >= 0.6 is 7.75 Å². The van der Waals surface area contributed by atoms with Crippen molar-refractivity contribution in [2.45, 2.75) is 70.0 Å². The zero-order chi connectivity index (χ0) is 28.3. The number of rotatable bonds is 11. The summed E-state index contributed by atoms with van der Waals surface area (Å²) in [7, 11) is -4.33. The molecule has 1 fully saturated rings. The van der Waals surface area contributed by atoms with Crippen molar-refractivity contribution in [1.82, 2.24) is 14.6 Å². The average molecular weight is 559 g/mol. The maximum absolute atomic E-state index is 15.8. The van der Waals surface area contributed by atoms with E-state index in [4.69, 9.17) is 18.5 Å². The Labute approximate surface area is 217 Å². The van der Waals surface area contributed by atoms with Crippen molar-refractivity contribution >= 4 is 13.7 Å². The lowest BCUT2D eigenvalue weighted by Crippen LogP contribution is -2.49. The fourth-order valence-corrected chi connectivity index (χ4v) is 5.22. The molecule has 2 heterocycles. The number of halogens is 1. The Morgan fingerprint density at radius 3 is 2.53 bits per heavy atom. The minimum Gasteiger partial charge on any atom is -0.462 e. The van der Waals surface area contributed by atoms with Gasteiger partial charge in [-0.05, 0) is 39.8 Å². The van der Waals surface area contributed by atoms with Crippen LogP contribution in [0.5, 0.6) is 5.75 Å². The number of benzene rings is 1. The van der Waals surface area contributed by atoms with Crippen molar-refractivity contribution in [2.75, 3.05) is 6.61 Å². The summed E-state index contributed by atoms with van der Waals surface area (Å²) in [6.45, 7) is 5.02. The highest BCUT2D eigenvalue weighted by molar-refractivity contribution is 7.52. The molecule has 0 saturated carbocycles. The van der Waals surface area contributed by atoms with Crippen LogP contribution in [0.4, 0.5) is 4.39 Å². The van der Waals surface area contributed by atoms with Crippen LogP contribution in [0.1, 0.15) is 40.3 Å². The molecule has 6 unspecified atom stereocenters. The Hall–Kier alpha value is -2.87. The van der Waals surface area contributed by atoms with E-state index in [9.17, 15) is 29.2 Å². The smallest absolute Gasteiger partial charge is 0.459 e. The van der Waals surface area contributed by atoms with Gasteiger partial charge in [-0.25, -0.2) is 13.8 Å². The molecule has 1 aliphatic heterocycles. The molecular weight excluding hydrogens is 528 g/mol. The predicted molar refractivity (Wildman–Crippen MR) is 131 cm³/mol. The largest absolute Gasteiger partial charge is 0.462 e. The second-order valence-electron chi connectivity index (χ2n) is 9.22. The zero-order valence-electron chi connectivity index (χ0n) is 21.2. The number of para-hydroxylation sites is 1. The number of esters is 1. The van der Waals surface area contributed by atoms with Crippen molar-refractivity contribution in [1.29, 1.82) is 0 Å². The first-order chi connectivity index (χ1) is 17.7. The number of aliphatic hydroxyl groups is 2. The summed E-state index contributed by atoms with van der Waals surface area (Å²) in [5.74, 6) is -3.58. The van der Waals surface area contributed by atoms with Gasteiger partial charge >= 0.3 is 19.4 Å². The monoisotopic (exact) mass is 559 g/mol. The number of carbonyl (C=O) groups excluding carboxylic acids is 1. The molecule has 1 aliphatic rings. The second kappa shape index (κ2) is 11.5. The van der Waals surface area contributed by atoms with E-state index in [2.05, 4.69) is 5.09 Å². The fraction of sp³-hybridized carbons (Fsp3) is 0.522. The first kappa shape index (κ1) is 29.7. The summed E-state index contributed by atoms with van der Waals surface area (Å²) in [5, 5.41) is 23.8. The van der Waals surface area contributed by atoms with E-state index in [0.717, 1.165) is 23.8 Å². The first-order valence-electron chi connectivity index (χ1n) is 11.7. The summed E-state index contributed by atoms with van der Waals surface area (Å²) >= 11 is 0. The van der Waals surface area contributed by atoms with Gasteiger partial charge in [-0.3, -0.25) is 23.7 Å². The van der Waals surface area contributed by atoms with E-state index in [1.54, 1.807) is 32.0 Å². The van der Waals surface area contributed by atoms with E-state index in [1.165, 1.54) is 19.1 Å². The summed E-state index contributed by atoms with van der Waals surface area (Å²) in [6, 6.07) is 7.70. The van der Waals surface area contributed by atoms with Gasteiger partial charge in [0.1, 0.15) is 23.5 Å². The maximum Gasteiger partial charge on any atom is 0.459 e. The van der Waals surface area contributed by atoms with Gasteiger partial charge in [0, 0.05) is 18.7 Å². The number of alkyl halides is 1. The van der Waals surface area contributed by atoms with Gasteiger partial charge in [0.25, 0.3) is 5.56 Å². The molecule has 0 spiro atoms. The molecular formula is C23H31FN3O10P. The van der Waals surface area contributed by atoms with Crippen LogP contribution in [-0.4, -0.2) is 62.0 Å². The summed E-state index contributed by atoms with van der Waals surface area (Å²) in [6.07, 6.45) is -4.12. The lowest BCUT2D eigenvalue weighted by Gasteiger charge is -2.28. The van der Waals surface area contributed by atoms with Gasteiger partial charge in [0.2, 0.25) is 5.85 Å². The number of aliphatic hydroxyl groups excluding tert-OH is 1. The molecule has 15 heteroatoms. The van der Waals surface area contributed by atoms with Gasteiger partial charge in [0.05, 0.1) is 12.7 Å². The topological polar surface area (TPSA) is 178 Å². The number of aromatic amines is 1. The Morgan fingerprint density at radius 2 is 1.92 bits per heavy atom. The van der Waals surface area contributed by atoms with Gasteiger partial charge in [-0.15, -0.1) is 0 Å². The zero-order valence-corrected chi connectivity index (χ0v) is 22.1. The molecule has 13 nitrogen and oxygen atoms in total. The van der Waals surface area contributed by atoms with Crippen LogP contribution in [0.15, 0.2) is 52.2 Å². The highest BCUT2D eigenvalue weighted by Gasteiger charge is 2.62. The highest BCUT2D eigenvalue weighted by atomic mass is 31.2. The molecule has 2 aromatic rings. The van der Waals surface area contributed by atoms with E-state index in [0.29, 0.717) is 0 Å². The fourth-order valence-electron chi connectivity index (χ4n) is 3.73. The molecule has 210 valence electrons. The standard InChI is InChI=1S/C23H31FN3O10P/c1-14(2)35-18(29)15(3)26-38(33,37-16-8-6-5-7-9-16)34-13-11-23(24)19(30)22(4,32)20(36-23)27-12-10-17(28)25-21(27)31/h5-10,12,14-15,19-20,30,32H,11,13H2,1-4H3,(H,26,33)(H,25,28,31). The van der Waals surface area contributed by atoms with Crippen LogP contribution in [-0.2, 0) is 23.4 Å². The molecule has 1 aromatic heterocycles. The predicted octanol–water partition coefficient (Wildman–Crippen LogP) is 1.37. The Kier molecular flexibility index (Phi) is 8.97. The van der Waals surface area contributed by atoms with Gasteiger partial charge in [-0.2, -0.15) is 5.09 Å². The van der Waals surface area contributed by atoms with E-state index in [1.807, 2.05) is 4.98 Å². The molecule has 0 amide bonds. The normalized spacial score (nSPS) is 27.6. The van der Waals surface area contributed by atoms with Crippen LogP contribution < -0.4 is 20.9 Å². The average Bonchev–Trinajstić information content (AvgIpc) is 2.99. The molecule has 0 bridgehead atoms. The molecule has 1 saturated heterocycles. The summed E-state index contributed by atoms with van der Waals surface area (Å²) in [5.41, 5.74) is -4.03. The highest BCUT2D eigenvalue weighted by Crippen LogP contribution is 2.49. The Morgan fingerprint density at radius 1 is 1.26 bits per heavy atom. The number of hydrogen-bond donors (Lipinski definition) is 4. The third-order valence-electron chi connectivity index (χ3n) is 5.60. The van der Waals surface area contributed by atoms with Crippen LogP contribution in [0.3, 0.4) is 0 Å². The lowest BCUT2D eigenvalue weighted by molar-refractivity contribution is -0.194. The quantitative estimate of drug-likeness (QED) is 0.231. The number of ether oxygens (including phenoxy) is 2. The number of nitrogens with one attached hydrogen (secondary N) is 2. The van der Waals surface area contributed by atoms with Crippen molar-refractivity contribution in [3.63, 3.8) is 0 Å². The van der Waals surface area contributed by atoms with Crippen molar-refractivity contribution in [3.8, 4) is 5.75 Å². The van der Waals surface area contributed by atoms with E-state index in [-0.39, 0.29) is 5.75 Å². The third kappa shape index (κ3) is 6.76. The number of H-pyrrole nitrogens is 1. The molecule has 0 radical (unpaired) electrons. The number of nitrogens with zero attached hydrogens (tertiary/aromatic N) is 1. The van der Waals surface area contributed by atoms with Gasteiger partial charge in [0.15, 0.2) is 6.23 Å². The maximum atomic E-state index is 15.8. The van der Waals surface area contributed by atoms with Crippen molar-refractivity contribution in [2.24, 2.45) is 0 Å². The SMILES string of the molecule is CC(C)OC(=O)C(C)NP(=O)(OCCC1(F)OC(n2ccc(=O)[nH]c2=O)C(C)(O)C1O)Oc1ccccc1. The van der Waals surface area contributed by atoms with Crippen molar-refractivity contribution in [3.05, 3.63) is 63.4 Å².